The zero-order valence-corrected chi connectivity index (χ0v) is 26.4. The molecule has 2 heterocycles. The van der Waals surface area contributed by atoms with Gasteiger partial charge < -0.3 is 4.57 Å². The maximum atomic E-state index is 9.67. The van der Waals surface area contributed by atoms with Crippen LogP contribution in [0.1, 0.15) is 5.56 Å². The lowest BCUT2D eigenvalue weighted by molar-refractivity contribution is 1.18. The van der Waals surface area contributed by atoms with Crippen LogP contribution in [0.4, 0.5) is 0 Å². The molecule has 0 bridgehead atoms. The van der Waals surface area contributed by atoms with Crippen molar-refractivity contribution in [2.45, 2.75) is 0 Å². The van der Waals surface area contributed by atoms with E-state index in [0.29, 0.717) is 5.56 Å². The molecule has 2 aromatic heterocycles. The molecule has 0 radical (unpaired) electrons. The fourth-order valence-electron chi connectivity index (χ4n) is 7.65. The van der Waals surface area contributed by atoms with Gasteiger partial charge in [-0.1, -0.05) is 84.9 Å². The average molecular weight is 622 g/mol. The Labute approximate surface area is 282 Å². The van der Waals surface area contributed by atoms with Crippen LogP contribution in [0.5, 0.6) is 0 Å². The summed E-state index contributed by atoms with van der Waals surface area (Å²) in [6, 6.07) is 58.2. The van der Waals surface area contributed by atoms with Gasteiger partial charge in [0.2, 0.25) is 0 Å². The second kappa shape index (κ2) is 10.6. The molecule has 10 aromatic rings. The molecule has 0 spiro atoms. The van der Waals surface area contributed by atoms with Crippen molar-refractivity contribution in [2.24, 2.45) is 0 Å². The molecule has 10 rings (SSSR count). The van der Waals surface area contributed by atoms with E-state index in [9.17, 15) is 5.26 Å². The number of rotatable bonds is 4. The number of aromatic nitrogens is 2. The SMILES string of the molecule is N#Cc1ccc2c(c1)c1cc(-c3ccc(-c4cc5ccc6cc(-c7ccccc7)cc7ccc(c4)c5c67)nc3)ccc1n2-c1ccccc1. The molecule has 0 amide bonds. The Morgan fingerprint density at radius 1 is 0.449 bits per heavy atom. The lowest BCUT2D eigenvalue weighted by atomic mass is 9.90. The van der Waals surface area contributed by atoms with E-state index < -0.39 is 0 Å². The zero-order valence-electron chi connectivity index (χ0n) is 26.4. The Bertz CT molecular complexity index is 2850. The largest absolute Gasteiger partial charge is 0.309 e. The van der Waals surface area contributed by atoms with Crippen LogP contribution in [0.2, 0.25) is 0 Å². The first-order chi connectivity index (χ1) is 24.2. The fraction of sp³-hybridized carbons (Fsp3) is 0. The first kappa shape index (κ1) is 27.4. The lowest BCUT2D eigenvalue weighted by Crippen LogP contribution is -1.93. The van der Waals surface area contributed by atoms with Gasteiger partial charge in [-0.25, -0.2) is 0 Å². The summed E-state index contributed by atoms with van der Waals surface area (Å²) in [6.45, 7) is 0. The number of hydrogen-bond donors (Lipinski definition) is 0. The van der Waals surface area contributed by atoms with Crippen LogP contribution in [0.15, 0.2) is 164 Å². The Morgan fingerprint density at radius 2 is 1.02 bits per heavy atom. The normalized spacial score (nSPS) is 11.7. The summed E-state index contributed by atoms with van der Waals surface area (Å²) in [5, 5.41) is 19.4. The van der Waals surface area contributed by atoms with Gasteiger partial charge in [-0.05, 0) is 122 Å². The molecular formula is C46H27N3. The van der Waals surface area contributed by atoms with E-state index in [1.54, 1.807) is 0 Å². The highest BCUT2D eigenvalue weighted by atomic mass is 15.0. The number of para-hydroxylation sites is 1. The third kappa shape index (κ3) is 4.32. The number of hydrogen-bond acceptors (Lipinski definition) is 2. The second-order valence-corrected chi connectivity index (χ2v) is 12.8. The number of benzene rings is 8. The zero-order chi connectivity index (χ0) is 32.5. The van der Waals surface area contributed by atoms with Crippen LogP contribution in [0.3, 0.4) is 0 Å². The summed E-state index contributed by atoms with van der Waals surface area (Å²) in [4.78, 5) is 4.98. The quantitative estimate of drug-likeness (QED) is 0.184. The minimum Gasteiger partial charge on any atom is -0.309 e. The molecule has 0 aliphatic carbocycles. The maximum absolute atomic E-state index is 9.67. The van der Waals surface area contributed by atoms with Gasteiger partial charge in [-0.2, -0.15) is 5.26 Å². The molecule has 49 heavy (non-hydrogen) atoms. The third-order valence-electron chi connectivity index (χ3n) is 9.94. The highest BCUT2D eigenvalue weighted by Crippen LogP contribution is 2.40. The topological polar surface area (TPSA) is 41.6 Å². The van der Waals surface area contributed by atoms with Crippen molar-refractivity contribution in [1.82, 2.24) is 9.55 Å². The summed E-state index contributed by atoms with van der Waals surface area (Å²) in [5.41, 5.74) is 10.6. The summed E-state index contributed by atoms with van der Waals surface area (Å²) >= 11 is 0. The van der Waals surface area contributed by atoms with Gasteiger partial charge in [-0.3, -0.25) is 4.98 Å². The smallest absolute Gasteiger partial charge is 0.0991 e. The predicted octanol–water partition coefficient (Wildman–Crippen LogP) is 11.9. The summed E-state index contributed by atoms with van der Waals surface area (Å²) < 4.78 is 2.27. The molecule has 0 saturated heterocycles. The summed E-state index contributed by atoms with van der Waals surface area (Å²) in [7, 11) is 0. The molecule has 3 nitrogen and oxygen atoms in total. The van der Waals surface area contributed by atoms with E-state index >= 15 is 0 Å². The molecule has 0 N–H and O–H groups in total. The third-order valence-corrected chi connectivity index (χ3v) is 9.94. The fourth-order valence-corrected chi connectivity index (χ4v) is 7.65. The van der Waals surface area contributed by atoms with Crippen LogP contribution in [-0.2, 0) is 0 Å². The summed E-state index contributed by atoms with van der Waals surface area (Å²) in [6.07, 6.45) is 1.97. The minimum atomic E-state index is 0.654. The molecule has 0 saturated carbocycles. The van der Waals surface area contributed by atoms with E-state index in [-0.39, 0.29) is 0 Å². The summed E-state index contributed by atoms with van der Waals surface area (Å²) in [5.74, 6) is 0. The van der Waals surface area contributed by atoms with Crippen LogP contribution in [0.25, 0.3) is 93.3 Å². The first-order valence-electron chi connectivity index (χ1n) is 16.5. The van der Waals surface area contributed by atoms with Crippen LogP contribution in [-0.4, -0.2) is 9.55 Å². The van der Waals surface area contributed by atoms with Crippen LogP contribution < -0.4 is 0 Å². The van der Waals surface area contributed by atoms with Crippen molar-refractivity contribution in [3.05, 3.63) is 169 Å². The predicted molar refractivity (Wildman–Crippen MR) is 203 cm³/mol. The Hall–Kier alpha value is -6.76. The second-order valence-electron chi connectivity index (χ2n) is 12.8. The van der Waals surface area contributed by atoms with Gasteiger partial charge in [0.1, 0.15) is 0 Å². The maximum Gasteiger partial charge on any atom is 0.0991 e. The molecule has 0 fully saturated rings. The number of nitriles is 1. The monoisotopic (exact) mass is 621 g/mol. The van der Waals surface area contributed by atoms with Crippen molar-refractivity contribution in [3.63, 3.8) is 0 Å². The number of fused-ring (bicyclic) bond motifs is 3. The Kier molecular flexibility index (Phi) is 5.94. The van der Waals surface area contributed by atoms with Gasteiger partial charge in [0, 0.05) is 33.8 Å². The Morgan fingerprint density at radius 3 is 1.63 bits per heavy atom. The van der Waals surface area contributed by atoms with Crippen molar-refractivity contribution >= 4 is 54.1 Å². The van der Waals surface area contributed by atoms with E-state index in [4.69, 9.17) is 4.98 Å². The Balaban J connectivity index is 1.05. The molecule has 226 valence electrons. The van der Waals surface area contributed by atoms with Gasteiger partial charge in [0.15, 0.2) is 0 Å². The first-order valence-corrected chi connectivity index (χ1v) is 16.5. The number of pyridine rings is 1. The van der Waals surface area contributed by atoms with Crippen molar-refractivity contribution < 1.29 is 0 Å². The molecule has 3 heteroatoms. The van der Waals surface area contributed by atoms with E-state index in [1.807, 2.05) is 24.4 Å². The average Bonchev–Trinajstić information content (AvgIpc) is 3.50. The van der Waals surface area contributed by atoms with Gasteiger partial charge in [0.05, 0.1) is 28.4 Å². The van der Waals surface area contributed by atoms with Crippen molar-refractivity contribution in [2.75, 3.05) is 0 Å². The van der Waals surface area contributed by atoms with Crippen molar-refractivity contribution in [1.29, 1.82) is 5.26 Å². The van der Waals surface area contributed by atoms with Gasteiger partial charge in [0.25, 0.3) is 0 Å². The standard InChI is InChI=1S/C46H27N3/c47-27-29-11-19-43-40(21-29)41-26-31(17-20-44(41)49(43)39-9-5-2-6-10-39)36-16-18-42(48-28-36)38-24-34-14-12-32-22-37(30-7-3-1-4-8-30)23-33-13-15-35(25-38)46(34)45(32)33/h1-26,28H. The molecular weight excluding hydrogens is 595 g/mol. The van der Waals surface area contributed by atoms with E-state index in [1.165, 1.54) is 43.4 Å². The molecule has 0 aliphatic rings. The number of nitrogens with zero attached hydrogens (tertiary/aromatic N) is 3. The molecule has 0 aliphatic heterocycles. The van der Waals surface area contributed by atoms with E-state index in [2.05, 4.69) is 150 Å². The van der Waals surface area contributed by atoms with Crippen LogP contribution in [0, 0.1) is 11.3 Å². The van der Waals surface area contributed by atoms with Gasteiger partial charge in [-0.15, -0.1) is 0 Å². The van der Waals surface area contributed by atoms with Gasteiger partial charge >= 0.3 is 0 Å². The van der Waals surface area contributed by atoms with Crippen LogP contribution >= 0.6 is 0 Å². The molecule has 0 unspecified atom stereocenters. The highest BCUT2D eigenvalue weighted by Gasteiger charge is 2.16. The van der Waals surface area contributed by atoms with Crippen molar-refractivity contribution in [3.8, 4) is 45.3 Å². The molecule has 8 aromatic carbocycles. The molecule has 0 atom stereocenters. The lowest BCUT2D eigenvalue weighted by Gasteiger charge is -2.14. The van der Waals surface area contributed by atoms with E-state index in [0.717, 1.165) is 49.9 Å². The minimum absolute atomic E-state index is 0.654. The highest BCUT2D eigenvalue weighted by molar-refractivity contribution is 6.24.